The Bertz CT molecular complexity index is 542. The topological polar surface area (TPSA) is 96.9 Å². The number of benzene rings is 1. The number of carbonyl (C=O) groups is 1. The van der Waals surface area contributed by atoms with Crippen LogP contribution in [0.5, 0.6) is 5.75 Å². The van der Waals surface area contributed by atoms with Crippen LogP contribution >= 0.6 is 15.9 Å². The molecule has 1 amide bonds. The average Bonchev–Trinajstić information content (AvgIpc) is 2.49. The molecule has 21 heavy (non-hydrogen) atoms. The largest absolute Gasteiger partial charge is 0.495 e. The molecule has 0 atom stereocenters. The molecule has 0 bridgehead atoms. The second kappa shape index (κ2) is 7.31. The molecule has 1 aromatic rings. The van der Waals surface area contributed by atoms with Gasteiger partial charge in [0.2, 0.25) is 5.91 Å². The minimum Gasteiger partial charge on any atom is -0.495 e. The lowest BCUT2D eigenvalue weighted by molar-refractivity contribution is -0.122. The van der Waals surface area contributed by atoms with E-state index in [0.717, 1.165) is 4.47 Å². The van der Waals surface area contributed by atoms with Crippen molar-refractivity contribution < 1.29 is 14.7 Å². The van der Waals surface area contributed by atoms with Crippen LogP contribution in [0.2, 0.25) is 0 Å². The summed E-state index contributed by atoms with van der Waals surface area (Å²) in [6.45, 7) is 3.64. The molecule has 7 heteroatoms. The second-order valence-corrected chi connectivity index (χ2v) is 5.49. The third kappa shape index (κ3) is 3.47. The number of ether oxygens (including phenoxy) is 1. The van der Waals surface area contributed by atoms with Crippen molar-refractivity contribution >= 4 is 33.4 Å². The van der Waals surface area contributed by atoms with Gasteiger partial charge in [-0.2, -0.15) is 0 Å². The molecule has 116 valence electrons. The Kier molecular flexibility index (Phi) is 6.02. The fourth-order valence-electron chi connectivity index (χ4n) is 2.17. The van der Waals surface area contributed by atoms with Crippen LogP contribution in [0.25, 0.3) is 0 Å². The van der Waals surface area contributed by atoms with Crippen LogP contribution in [0.4, 0.5) is 5.69 Å². The van der Waals surface area contributed by atoms with Crippen LogP contribution in [0.15, 0.2) is 27.8 Å². The molecule has 0 unspecified atom stereocenters. The van der Waals surface area contributed by atoms with Gasteiger partial charge in [0.15, 0.2) is 5.84 Å². The molecular formula is C14H20BrN3O3. The first kappa shape index (κ1) is 17.3. The van der Waals surface area contributed by atoms with Gasteiger partial charge in [-0.15, -0.1) is 0 Å². The number of oxime groups is 1. The van der Waals surface area contributed by atoms with Crippen LogP contribution in [-0.2, 0) is 4.79 Å². The number of nitrogens with two attached hydrogens (primary N) is 1. The summed E-state index contributed by atoms with van der Waals surface area (Å²) in [6.07, 6.45) is 0.836. The highest BCUT2D eigenvalue weighted by Gasteiger charge is 2.40. The van der Waals surface area contributed by atoms with E-state index in [9.17, 15) is 4.79 Å². The van der Waals surface area contributed by atoms with Gasteiger partial charge >= 0.3 is 0 Å². The highest BCUT2D eigenvalue weighted by Crippen LogP contribution is 2.32. The van der Waals surface area contributed by atoms with Gasteiger partial charge in [0, 0.05) is 4.47 Å². The predicted octanol–water partition coefficient (Wildman–Crippen LogP) is 2.95. The van der Waals surface area contributed by atoms with E-state index in [0.29, 0.717) is 24.3 Å². The fourth-order valence-corrected chi connectivity index (χ4v) is 2.53. The van der Waals surface area contributed by atoms with Crippen LogP contribution in [-0.4, -0.2) is 24.1 Å². The summed E-state index contributed by atoms with van der Waals surface area (Å²) in [4.78, 5) is 12.6. The number of amides is 1. The van der Waals surface area contributed by atoms with Gasteiger partial charge in [0.05, 0.1) is 12.8 Å². The van der Waals surface area contributed by atoms with Gasteiger partial charge in [-0.05, 0) is 31.0 Å². The number of methoxy groups -OCH3 is 1. The summed E-state index contributed by atoms with van der Waals surface area (Å²) in [6, 6.07) is 5.28. The van der Waals surface area contributed by atoms with Crippen molar-refractivity contribution in [3.63, 3.8) is 0 Å². The van der Waals surface area contributed by atoms with Gasteiger partial charge in [0.1, 0.15) is 11.2 Å². The number of nitrogens with zero attached hydrogens (tertiary/aromatic N) is 1. The fraction of sp³-hybridized carbons (Fsp3) is 0.429. The zero-order chi connectivity index (χ0) is 16.0. The van der Waals surface area contributed by atoms with Crippen molar-refractivity contribution in [1.29, 1.82) is 0 Å². The lowest BCUT2D eigenvalue weighted by Crippen LogP contribution is -2.46. The number of rotatable bonds is 6. The highest BCUT2D eigenvalue weighted by atomic mass is 79.9. The van der Waals surface area contributed by atoms with E-state index in [-0.39, 0.29) is 11.7 Å². The predicted molar refractivity (Wildman–Crippen MR) is 85.7 cm³/mol. The molecule has 6 nitrogen and oxygen atoms in total. The van der Waals surface area contributed by atoms with Crippen molar-refractivity contribution in [1.82, 2.24) is 0 Å². The molecule has 0 aliphatic heterocycles. The summed E-state index contributed by atoms with van der Waals surface area (Å²) >= 11 is 3.35. The maximum atomic E-state index is 12.6. The Labute approximate surface area is 132 Å². The van der Waals surface area contributed by atoms with Crippen LogP contribution < -0.4 is 15.8 Å². The molecule has 0 heterocycles. The van der Waals surface area contributed by atoms with Crippen molar-refractivity contribution in [2.75, 3.05) is 12.4 Å². The number of anilines is 1. The normalized spacial score (nSPS) is 12.1. The Morgan fingerprint density at radius 2 is 2.10 bits per heavy atom. The first-order chi connectivity index (χ1) is 9.94. The SMILES string of the molecule is CCC(CC)(C(=O)Nc1cc(Br)ccc1OC)C(N)=NO. The van der Waals surface area contributed by atoms with Crippen molar-refractivity contribution in [3.8, 4) is 5.75 Å². The molecule has 1 rings (SSSR count). The lowest BCUT2D eigenvalue weighted by Gasteiger charge is -2.28. The third-order valence-corrected chi connectivity index (χ3v) is 4.14. The second-order valence-electron chi connectivity index (χ2n) is 4.57. The van der Waals surface area contributed by atoms with Gasteiger partial charge < -0.3 is 21.0 Å². The standard InChI is InChI=1S/C14H20BrN3O3/c1-4-14(5-2,12(16)18-20)13(19)17-10-8-9(15)6-7-11(10)21-3/h6-8,20H,4-5H2,1-3H3,(H2,16,18)(H,17,19). The summed E-state index contributed by atoms with van der Waals surface area (Å²) in [7, 11) is 1.52. The van der Waals surface area contributed by atoms with E-state index in [1.807, 2.05) is 19.9 Å². The van der Waals surface area contributed by atoms with E-state index < -0.39 is 5.41 Å². The number of hydrogen-bond donors (Lipinski definition) is 3. The van der Waals surface area contributed by atoms with E-state index in [1.165, 1.54) is 7.11 Å². The van der Waals surface area contributed by atoms with E-state index in [2.05, 4.69) is 26.4 Å². The number of hydrogen-bond acceptors (Lipinski definition) is 4. The summed E-state index contributed by atoms with van der Waals surface area (Å²) in [5.41, 5.74) is 5.20. The zero-order valence-electron chi connectivity index (χ0n) is 12.3. The third-order valence-electron chi connectivity index (χ3n) is 3.65. The van der Waals surface area contributed by atoms with Gasteiger partial charge in [-0.1, -0.05) is 34.9 Å². The van der Waals surface area contributed by atoms with Crippen molar-refractivity contribution in [2.45, 2.75) is 26.7 Å². The molecule has 0 radical (unpaired) electrons. The molecule has 0 fully saturated rings. The van der Waals surface area contributed by atoms with Crippen molar-refractivity contribution in [2.24, 2.45) is 16.3 Å². The molecule has 1 aromatic carbocycles. The highest BCUT2D eigenvalue weighted by molar-refractivity contribution is 9.10. The molecule has 0 saturated heterocycles. The smallest absolute Gasteiger partial charge is 0.238 e. The van der Waals surface area contributed by atoms with E-state index in [1.54, 1.807) is 12.1 Å². The quantitative estimate of drug-likeness (QED) is 0.315. The van der Waals surface area contributed by atoms with Crippen molar-refractivity contribution in [3.05, 3.63) is 22.7 Å². The number of halogens is 1. The van der Waals surface area contributed by atoms with Crippen LogP contribution in [0.1, 0.15) is 26.7 Å². The van der Waals surface area contributed by atoms with Crippen LogP contribution in [0, 0.1) is 5.41 Å². The Morgan fingerprint density at radius 1 is 1.48 bits per heavy atom. The van der Waals surface area contributed by atoms with Gasteiger partial charge in [0.25, 0.3) is 0 Å². The zero-order valence-corrected chi connectivity index (χ0v) is 13.9. The maximum Gasteiger partial charge on any atom is 0.238 e. The van der Waals surface area contributed by atoms with E-state index >= 15 is 0 Å². The number of amidine groups is 1. The summed E-state index contributed by atoms with van der Waals surface area (Å²) in [5, 5.41) is 14.8. The van der Waals surface area contributed by atoms with E-state index in [4.69, 9.17) is 15.7 Å². The molecule has 0 aromatic heterocycles. The van der Waals surface area contributed by atoms with Gasteiger partial charge in [-0.3, -0.25) is 4.79 Å². The maximum absolute atomic E-state index is 12.6. The summed E-state index contributed by atoms with van der Waals surface area (Å²) in [5.74, 6) is 0.102. The molecule has 0 saturated carbocycles. The summed E-state index contributed by atoms with van der Waals surface area (Å²) < 4.78 is 6.03. The van der Waals surface area contributed by atoms with Crippen LogP contribution in [0.3, 0.4) is 0 Å². The molecule has 4 N–H and O–H groups in total. The molecule has 0 aliphatic rings. The Hall–Kier alpha value is -1.76. The lowest BCUT2D eigenvalue weighted by atomic mass is 9.80. The minimum atomic E-state index is -1.05. The Balaban J connectivity index is 3.17. The minimum absolute atomic E-state index is 0.0982. The molecule has 0 aliphatic carbocycles. The molecule has 0 spiro atoms. The average molecular weight is 358 g/mol. The monoisotopic (exact) mass is 357 g/mol. The van der Waals surface area contributed by atoms with Gasteiger partial charge in [-0.25, -0.2) is 0 Å². The molecular weight excluding hydrogens is 338 g/mol. The number of nitrogens with one attached hydrogen (secondary N) is 1. The first-order valence-electron chi connectivity index (χ1n) is 6.58. The number of carbonyl (C=O) groups excluding carboxylic acids is 1. The Morgan fingerprint density at radius 3 is 2.57 bits per heavy atom. The first-order valence-corrected chi connectivity index (χ1v) is 7.37.